The number of amides is 2. The van der Waals surface area contributed by atoms with Gasteiger partial charge < -0.3 is 15.3 Å². The molecule has 0 radical (unpaired) electrons. The maximum atomic E-state index is 12.0. The van der Waals surface area contributed by atoms with Gasteiger partial charge in [-0.25, -0.2) is 0 Å². The van der Waals surface area contributed by atoms with Crippen LogP contribution in [-0.4, -0.2) is 46.4 Å². The number of nitriles is 1. The fourth-order valence-electron chi connectivity index (χ4n) is 2.01. The Morgan fingerprint density at radius 2 is 2.16 bits per heavy atom. The van der Waals surface area contributed by atoms with Gasteiger partial charge in [-0.05, 0) is 19.8 Å². The van der Waals surface area contributed by atoms with Crippen molar-refractivity contribution in [3.63, 3.8) is 0 Å². The lowest BCUT2D eigenvalue weighted by atomic mass is 10.2. The molecule has 2 amide bonds. The summed E-state index contributed by atoms with van der Waals surface area (Å²) >= 11 is 0. The highest BCUT2D eigenvalue weighted by atomic mass is 16.4. The molecule has 0 aromatic rings. The van der Waals surface area contributed by atoms with Crippen LogP contribution in [0.5, 0.6) is 0 Å². The summed E-state index contributed by atoms with van der Waals surface area (Å²) in [6, 6.07) is 0.892. The maximum Gasteiger partial charge on any atom is 0.303 e. The van der Waals surface area contributed by atoms with Gasteiger partial charge in [-0.3, -0.25) is 14.4 Å². The zero-order valence-corrected chi connectivity index (χ0v) is 10.8. The molecule has 2 atom stereocenters. The Labute approximate surface area is 111 Å². The minimum absolute atomic E-state index is 0.158. The van der Waals surface area contributed by atoms with Crippen LogP contribution < -0.4 is 5.32 Å². The van der Waals surface area contributed by atoms with Crippen molar-refractivity contribution in [3.8, 4) is 6.07 Å². The van der Waals surface area contributed by atoms with Gasteiger partial charge in [-0.15, -0.1) is 0 Å². The fraction of sp³-hybridized carbons (Fsp3) is 0.667. The average Bonchev–Trinajstić information content (AvgIpc) is 2.83. The van der Waals surface area contributed by atoms with Gasteiger partial charge in [0.2, 0.25) is 11.8 Å². The van der Waals surface area contributed by atoms with Crippen molar-refractivity contribution in [1.29, 1.82) is 5.26 Å². The second-order valence-corrected chi connectivity index (χ2v) is 4.50. The number of carbonyl (C=O) groups excluding carboxylic acids is 2. The van der Waals surface area contributed by atoms with Crippen molar-refractivity contribution >= 4 is 17.8 Å². The van der Waals surface area contributed by atoms with E-state index in [-0.39, 0.29) is 18.7 Å². The number of nitrogens with zero attached hydrogens (tertiary/aromatic N) is 2. The normalized spacial score (nSPS) is 19.6. The van der Waals surface area contributed by atoms with Crippen LogP contribution in [0.2, 0.25) is 0 Å². The number of carbonyl (C=O) groups is 3. The number of rotatable bonds is 5. The van der Waals surface area contributed by atoms with E-state index in [1.165, 1.54) is 11.8 Å². The topological polar surface area (TPSA) is 110 Å². The third-order valence-corrected chi connectivity index (χ3v) is 3.00. The molecule has 0 aromatic carbocycles. The van der Waals surface area contributed by atoms with Gasteiger partial charge in [0.05, 0.1) is 12.5 Å². The number of hydrogen-bond donors (Lipinski definition) is 2. The van der Waals surface area contributed by atoms with Crippen LogP contribution >= 0.6 is 0 Å². The van der Waals surface area contributed by atoms with Gasteiger partial charge in [0.15, 0.2) is 0 Å². The van der Waals surface area contributed by atoms with Gasteiger partial charge in [0.25, 0.3) is 0 Å². The summed E-state index contributed by atoms with van der Waals surface area (Å²) < 4.78 is 0. The second kappa shape index (κ2) is 6.73. The molecule has 1 aliphatic rings. The molecule has 1 aliphatic heterocycles. The van der Waals surface area contributed by atoms with Gasteiger partial charge in [0, 0.05) is 13.0 Å². The van der Waals surface area contributed by atoms with Crippen LogP contribution in [0.3, 0.4) is 0 Å². The standard InChI is InChI=1S/C12H17N3O4/c1-8(14-10(16)4-5-11(17)18)12(19)15-6-2-3-9(15)7-13/h8-9H,2-6H2,1H3,(H,14,16)(H,17,18). The molecule has 2 unspecified atom stereocenters. The van der Waals surface area contributed by atoms with Crippen molar-refractivity contribution < 1.29 is 19.5 Å². The lowest BCUT2D eigenvalue weighted by molar-refractivity contribution is -0.139. The number of carboxylic acid groups (broad SMARTS) is 1. The van der Waals surface area contributed by atoms with E-state index in [4.69, 9.17) is 10.4 Å². The predicted octanol–water partition coefficient (Wildman–Crippen LogP) is -0.130. The van der Waals surface area contributed by atoms with E-state index < -0.39 is 24.0 Å². The molecule has 0 bridgehead atoms. The number of nitrogens with one attached hydrogen (secondary N) is 1. The molecular formula is C12H17N3O4. The zero-order chi connectivity index (χ0) is 14.4. The summed E-state index contributed by atoms with van der Waals surface area (Å²) in [7, 11) is 0. The Morgan fingerprint density at radius 1 is 1.47 bits per heavy atom. The summed E-state index contributed by atoms with van der Waals surface area (Å²) in [5.41, 5.74) is 0. The molecular weight excluding hydrogens is 250 g/mol. The lowest BCUT2D eigenvalue weighted by Crippen LogP contribution is -2.48. The Bertz CT molecular complexity index is 416. The third kappa shape index (κ3) is 4.25. The SMILES string of the molecule is CC(NC(=O)CCC(=O)O)C(=O)N1CCCC1C#N. The van der Waals surface area contributed by atoms with E-state index in [2.05, 4.69) is 11.4 Å². The highest BCUT2D eigenvalue weighted by Gasteiger charge is 2.31. The van der Waals surface area contributed by atoms with Crippen molar-refractivity contribution in [2.75, 3.05) is 6.54 Å². The van der Waals surface area contributed by atoms with Crippen molar-refractivity contribution in [3.05, 3.63) is 0 Å². The van der Waals surface area contributed by atoms with Gasteiger partial charge in [0.1, 0.15) is 12.1 Å². The summed E-state index contributed by atoms with van der Waals surface area (Å²) in [5, 5.41) is 19.8. The largest absolute Gasteiger partial charge is 0.481 e. The first kappa shape index (κ1) is 15.0. The van der Waals surface area contributed by atoms with Crippen LogP contribution in [0.25, 0.3) is 0 Å². The van der Waals surface area contributed by atoms with Crippen molar-refractivity contribution in [2.24, 2.45) is 0 Å². The smallest absolute Gasteiger partial charge is 0.303 e. The Balaban J connectivity index is 2.46. The van der Waals surface area contributed by atoms with Crippen LogP contribution in [0.4, 0.5) is 0 Å². The highest BCUT2D eigenvalue weighted by molar-refractivity contribution is 5.88. The van der Waals surface area contributed by atoms with Crippen molar-refractivity contribution in [2.45, 2.75) is 44.7 Å². The van der Waals surface area contributed by atoms with E-state index in [1.54, 1.807) is 0 Å². The lowest BCUT2D eigenvalue weighted by Gasteiger charge is -2.23. The summed E-state index contributed by atoms with van der Waals surface area (Å²) in [6.07, 6.45) is 1.01. The number of carboxylic acids is 1. The summed E-state index contributed by atoms with van der Waals surface area (Å²) in [6.45, 7) is 2.06. The first-order valence-corrected chi connectivity index (χ1v) is 6.17. The average molecular weight is 267 g/mol. The van der Waals surface area contributed by atoms with Gasteiger partial charge in [-0.2, -0.15) is 5.26 Å². The predicted molar refractivity (Wildman–Crippen MR) is 64.8 cm³/mol. The van der Waals surface area contributed by atoms with Gasteiger partial charge >= 0.3 is 5.97 Å². The van der Waals surface area contributed by atoms with E-state index in [9.17, 15) is 14.4 Å². The molecule has 7 nitrogen and oxygen atoms in total. The molecule has 1 fully saturated rings. The Hall–Kier alpha value is -2.10. The fourth-order valence-corrected chi connectivity index (χ4v) is 2.01. The minimum atomic E-state index is -1.06. The molecule has 1 heterocycles. The van der Waals surface area contributed by atoms with E-state index in [0.717, 1.165) is 6.42 Å². The molecule has 0 aromatic heterocycles. The molecule has 0 aliphatic carbocycles. The third-order valence-electron chi connectivity index (χ3n) is 3.00. The first-order chi connectivity index (χ1) is 8.95. The molecule has 1 rings (SSSR count). The van der Waals surface area contributed by atoms with E-state index in [1.807, 2.05) is 0 Å². The monoisotopic (exact) mass is 267 g/mol. The Kier molecular flexibility index (Phi) is 5.30. The maximum absolute atomic E-state index is 12.0. The quantitative estimate of drug-likeness (QED) is 0.721. The molecule has 104 valence electrons. The summed E-state index contributed by atoms with van der Waals surface area (Å²) in [5.74, 6) is -1.83. The molecule has 0 spiro atoms. The highest BCUT2D eigenvalue weighted by Crippen LogP contribution is 2.17. The zero-order valence-electron chi connectivity index (χ0n) is 10.8. The van der Waals surface area contributed by atoms with Crippen molar-refractivity contribution in [1.82, 2.24) is 10.2 Å². The van der Waals surface area contributed by atoms with Gasteiger partial charge in [-0.1, -0.05) is 0 Å². The van der Waals surface area contributed by atoms with E-state index in [0.29, 0.717) is 13.0 Å². The van der Waals surface area contributed by atoms with Crippen LogP contribution in [0, 0.1) is 11.3 Å². The van der Waals surface area contributed by atoms with Crippen LogP contribution in [-0.2, 0) is 14.4 Å². The minimum Gasteiger partial charge on any atom is -0.481 e. The van der Waals surface area contributed by atoms with Crippen LogP contribution in [0.15, 0.2) is 0 Å². The molecule has 0 saturated carbocycles. The molecule has 1 saturated heterocycles. The molecule has 19 heavy (non-hydrogen) atoms. The van der Waals surface area contributed by atoms with Crippen LogP contribution in [0.1, 0.15) is 32.6 Å². The molecule has 7 heteroatoms. The Morgan fingerprint density at radius 3 is 2.74 bits per heavy atom. The number of hydrogen-bond acceptors (Lipinski definition) is 4. The second-order valence-electron chi connectivity index (χ2n) is 4.50. The number of likely N-dealkylation sites (tertiary alicyclic amines) is 1. The summed E-state index contributed by atoms with van der Waals surface area (Å²) in [4.78, 5) is 35.2. The number of aliphatic carboxylic acids is 1. The molecule has 2 N–H and O–H groups in total. The van der Waals surface area contributed by atoms with E-state index >= 15 is 0 Å². The first-order valence-electron chi connectivity index (χ1n) is 6.17.